The standard InChI is InChI=1S/C13H26N2O2/c1-13(2,3)17-12(16)15-9-5-7-11(10-15)6-4-8-14/h11H,4-10,14H2,1-3H3/t11-/m1/s1. The number of ether oxygens (including phenoxy) is 1. The fraction of sp³-hybridized carbons (Fsp3) is 0.923. The maximum Gasteiger partial charge on any atom is 0.410 e. The van der Waals surface area contributed by atoms with Crippen LogP contribution in [0.2, 0.25) is 0 Å². The van der Waals surface area contributed by atoms with E-state index in [2.05, 4.69) is 0 Å². The molecule has 1 fully saturated rings. The molecule has 0 radical (unpaired) electrons. The third-order valence-corrected chi connectivity index (χ3v) is 2.99. The summed E-state index contributed by atoms with van der Waals surface area (Å²) in [7, 11) is 0. The highest BCUT2D eigenvalue weighted by Gasteiger charge is 2.27. The smallest absolute Gasteiger partial charge is 0.410 e. The number of rotatable bonds is 3. The molecule has 1 aliphatic rings. The Hall–Kier alpha value is -0.770. The van der Waals surface area contributed by atoms with E-state index in [4.69, 9.17) is 10.5 Å². The van der Waals surface area contributed by atoms with Crippen LogP contribution in [0.25, 0.3) is 0 Å². The summed E-state index contributed by atoms with van der Waals surface area (Å²) in [6, 6.07) is 0. The van der Waals surface area contributed by atoms with E-state index >= 15 is 0 Å². The van der Waals surface area contributed by atoms with Gasteiger partial charge in [-0.2, -0.15) is 0 Å². The molecule has 0 spiro atoms. The van der Waals surface area contributed by atoms with Crippen LogP contribution in [0.4, 0.5) is 4.79 Å². The largest absolute Gasteiger partial charge is 0.444 e. The zero-order chi connectivity index (χ0) is 12.9. The molecule has 0 saturated carbocycles. The fourth-order valence-corrected chi connectivity index (χ4v) is 2.20. The third kappa shape index (κ3) is 5.39. The van der Waals surface area contributed by atoms with Crippen LogP contribution in [0.3, 0.4) is 0 Å². The lowest BCUT2D eigenvalue weighted by Gasteiger charge is -2.34. The highest BCUT2D eigenvalue weighted by Crippen LogP contribution is 2.22. The molecule has 100 valence electrons. The summed E-state index contributed by atoms with van der Waals surface area (Å²) in [6.07, 6.45) is 4.28. The second-order valence-corrected chi connectivity index (χ2v) is 5.87. The first-order chi connectivity index (χ1) is 7.92. The molecule has 4 heteroatoms. The Morgan fingerprint density at radius 3 is 2.76 bits per heavy atom. The number of carbonyl (C=O) groups is 1. The van der Waals surface area contributed by atoms with Crippen molar-refractivity contribution in [3.63, 3.8) is 0 Å². The van der Waals surface area contributed by atoms with Gasteiger partial charge in [-0.25, -0.2) is 4.79 Å². The van der Waals surface area contributed by atoms with Crippen molar-refractivity contribution < 1.29 is 9.53 Å². The second kappa shape index (κ2) is 6.24. The SMILES string of the molecule is CC(C)(C)OC(=O)N1CCC[C@@H](CCCN)C1. The lowest BCUT2D eigenvalue weighted by molar-refractivity contribution is 0.0161. The van der Waals surface area contributed by atoms with Crippen molar-refractivity contribution in [2.45, 2.75) is 52.1 Å². The Morgan fingerprint density at radius 2 is 2.18 bits per heavy atom. The number of amides is 1. The van der Waals surface area contributed by atoms with Gasteiger partial charge in [-0.05, 0) is 58.9 Å². The Morgan fingerprint density at radius 1 is 1.47 bits per heavy atom. The minimum Gasteiger partial charge on any atom is -0.444 e. The summed E-state index contributed by atoms with van der Waals surface area (Å²) in [5, 5.41) is 0. The van der Waals surface area contributed by atoms with Crippen LogP contribution >= 0.6 is 0 Å². The Labute approximate surface area is 104 Å². The van der Waals surface area contributed by atoms with E-state index in [1.54, 1.807) is 0 Å². The summed E-state index contributed by atoms with van der Waals surface area (Å²) < 4.78 is 5.39. The molecule has 2 N–H and O–H groups in total. The van der Waals surface area contributed by atoms with Gasteiger partial charge in [-0.3, -0.25) is 0 Å². The molecule has 0 unspecified atom stereocenters. The molecule has 4 nitrogen and oxygen atoms in total. The van der Waals surface area contributed by atoms with Crippen molar-refractivity contribution in [1.82, 2.24) is 4.90 Å². The van der Waals surface area contributed by atoms with Crippen molar-refractivity contribution in [3.05, 3.63) is 0 Å². The molecule has 0 aromatic carbocycles. The minimum absolute atomic E-state index is 0.171. The number of hydrogen-bond donors (Lipinski definition) is 1. The summed E-state index contributed by atoms with van der Waals surface area (Å²) in [5.41, 5.74) is 5.12. The van der Waals surface area contributed by atoms with E-state index in [-0.39, 0.29) is 6.09 Å². The van der Waals surface area contributed by atoms with Crippen LogP contribution in [0.1, 0.15) is 46.5 Å². The van der Waals surface area contributed by atoms with Crippen molar-refractivity contribution >= 4 is 6.09 Å². The highest BCUT2D eigenvalue weighted by molar-refractivity contribution is 5.68. The van der Waals surface area contributed by atoms with Gasteiger partial charge >= 0.3 is 6.09 Å². The zero-order valence-electron chi connectivity index (χ0n) is 11.4. The first kappa shape index (κ1) is 14.3. The van der Waals surface area contributed by atoms with Crippen LogP contribution in [0.5, 0.6) is 0 Å². The molecule has 0 aliphatic carbocycles. The maximum atomic E-state index is 11.9. The molecule has 1 atom stereocenters. The lowest BCUT2D eigenvalue weighted by Crippen LogP contribution is -2.42. The Balaban J connectivity index is 2.40. The van der Waals surface area contributed by atoms with E-state index in [0.29, 0.717) is 5.92 Å². The normalized spacial score (nSPS) is 21.4. The second-order valence-electron chi connectivity index (χ2n) is 5.87. The van der Waals surface area contributed by atoms with Gasteiger partial charge in [0.25, 0.3) is 0 Å². The molecule has 1 saturated heterocycles. The quantitative estimate of drug-likeness (QED) is 0.826. The van der Waals surface area contributed by atoms with Crippen LogP contribution < -0.4 is 5.73 Å². The van der Waals surface area contributed by atoms with E-state index in [1.807, 2.05) is 25.7 Å². The van der Waals surface area contributed by atoms with Gasteiger partial charge in [0.1, 0.15) is 5.60 Å². The van der Waals surface area contributed by atoms with Gasteiger partial charge in [0, 0.05) is 13.1 Å². The van der Waals surface area contributed by atoms with E-state index in [0.717, 1.165) is 38.9 Å². The van der Waals surface area contributed by atoms with Crippen LogP contribution in [-0.2, 0) is 4.74 Å². The number of hydrogen-bond acceptors (Lipinski definition) is 3. The molecule has 0 aromatic heterocycles. The van der Waals surface area contributed by atoms with Gasteiger partial charge in [-0.15, -0.1) is 0 Å². The van der Waals surface area contributed by atoms with Crippen LogP contribution in [-0.4, -0.2) is 36.2 Å². The molecule has 1 aliphatic heterocycles. The van der Waals surface area contributed by atoms with Gasteiger partial charge in [0.2, 0.25) is 0 Å². The minimum atomic E-state index is -0.402. The fourth-order valence-electron chi connectivity index (χ4n) is 2.20. The molecular weight excluding hydrogens is 216 g/mol. The van der Waals surface area contributed by atoms with Crippen LogP contribution in [0, 0.1) is 5.92 Å². The maximum absolute atomic E-state index is 11.9. The number of piperidine rings is 1. The molecule has 1 rings (SSSR count). The van der Waals surface area contributed by atoms with Crippen molar-refractivity contribution in [1.29, 1.82) is 0 Å². The van der Waals surface area contributed by atoms with Gasteiger partial charge < -0.3 is 15.4 Å². The Kier molecular flexibility index (Phi) is 5.25. The summed E-state index contributed by atoms with van der Waals surface area (Å²) in [6.45, 7) is 8.11. The predicted octanol–water partition coefficient (Wildman–Crippen LogP) is 2.37. The van der Waals surface area contributed by atoms with Crippen molar-refractivity contribution in [3.8, 4) is 0 Å². The van der Waals surface area contributed by atoms with Crippen molar-refractivity contribution in [2.24, 2.45) is 11.7 Å². The molecule has 0 bridgehead atoms. The van der Waals surface area contributed by atoms with Gasteiger partial charge in [0.15, 0.2) is 0 Å². The summed E-state index contributed by atoms with van der Waals surface area (Å²) in [5.74, 6) is 0.597. The number of nitrogens with two attached hydrogens (primary N) is 1. The van der Waals surface area contributed by atoms with Crippen LogP contribution in [0.15, 0.2) is 0 Å². The summed E-state index contributed by atoms with van der Waals surface area (Å²) >= 11 is 0. The van der Waals surface area contributed by atoms with E-state index < -0.39 is 5.60 Å². The molecule has 1 heterocycles. The summed E-state index contributed by atoms with van der Waals surface area (Å²) in [4.78, 5) is 13.8. The average Bonchev–Trinajstić information content (AvgIpc) is 2.24. The predicted molar refractivity (Wildman–Crippen MR) is 68.8 cm³/mol. The zero-order valence-corrected chi connectivity index (χ0v) is 11.4. The molecular formula is C13H26N2O2. The monoisotopic (exact) mass is 242 g/mol. The number of carbonyl (C=O) groups excluding carboxylic acids is 1. The van der Waals surface area contributed by atoms with E-state index in [1.165, 1.54) is 6.42 Å². The first-order valence-electron chi connectivity index (χ1n) is 6.60. The van der Waals surface area contributed by atoms with Gasteiger partial charge in [-0.1, -0.05) is 0 Å². The van der Waals surface area contributed by atoms with Gasteiger partial charge in [0.05, 0.1) is 0 Å². The number of likely N-dealkylation sites (tertiary alicyclic amines) is 1. The average molecular weight is 242 g/mol. The highest BCUT2D eigenvalue weighted by atomic mass is 16.6. The lowest BCUT2D eigenvalue weighted by atomic mass is 9.94. The first-order valence-corrected chi connectivity index (χ1v) is 6.60. The molecule has 1 amide bonds. The third-order valence-electron chi connectivity index (χ3n) is 2.99. The molecule has 0 aromatic rings. The Bertz CT molecular complexity index is 248. The number of nitrogens with zero attached hydrogens (tertiary/aromatic N) is 1. The molecule has 17 heavy (non-hydrogen) atoms. The topological polar surface area (TPSA) is 55.6 Å². The van der Waals surface area contributed by atoms with Crippen molar-refractivity contribution in [2.75, 3.05) is 19.6 Å². The van der Waals surface area contributed by atoms with E-state index in [9.17, 15) is 4.79 Å².